The number of likely N-dealkylation sites (N-methyl/N-ethyl adjacent to an activating group) is 1. The maximum atomic E-state index is 10.4. The number of nitrogens with zero attached hydrogens (tertiary/aromatic N) is 2. The second-order valence-electron chi connectivity index (χ2n) is 6.91. The Morgan fingerprint density at radius 2 is 1.96 bits per heavy atom. The highest BCUT2D eigenvalue weighted by Crippen LogP contribution is 2.33. The van der Waals surface area contributed by atoms with Crippen LogP contribution in [0.2, 0.25) is 5.02 Å². The molecule has 1 aromatic heterocycles. The lowest BCUT2D eigenvalue weighted by molar-refractivity contribution is -0.385. The van der Waals surface area contributed by atoms with Crippen molar-refractivity contribution in [3.8, 4) is 0 Å². The number of carbonyl (C=O) groups excluding carboxylic acids is 1. The van der Waals surface area contributed by atoms with Gasteiger partial charge in [-0.25, -0.2) is 4.98 Å². The summed E-state index contributed by atoms with van der Waals surface area (Å²) in [5.74, 6) is -0.276. The van der Waals surface area contributed by atoms with Crippen molar-refractivity contribution in [2.24, 2.45) is 0 Å². The number of fused-ring (bicyclic) bond motifs is 2. The molecule has 2 heterocycles. The number of pyridine rings is 1. The van der Waals surface area contributed by atoms with E-state index in [9.17, 15) is 20.0 Å². The predicted molar refractivity (Wildman–Crippen MR) is 103 cm³/mol. The Balaban J connectivity index is 0.000000163. The number of aryl methyl sites for hydroxylation is 1. The minimum absolute atomic E-state index is 0.0781. The van der Waals surface area contributed by atoms with Gasteiger partial charge in [-0.05, 0) is 25.3 Å². The Kier molecular flexibility index (Phi) is 5.69. The van der Waals surface area contributed by atoms with Crippen molar-refractivity contribution in [1.82, 2.24) is 0 Å². The summed E-state index contributed by atoms with van der Waals surface area (Å²) in [4.78, 5) is 25.8. The molecule has 4 rings (SSSR count). The Morgan fingerprint density at radius 1 is 1.25 bits per heavy atom. The zero-order valence-electron chi connectivity index (χ0n) is 15.5. The van der Waals surface area contributed by atoms with E-state index >= 15 is 0 Å². The number of nitrogen functional groups attached to an aromatic ring is 1. The van der Waals surface area contributed by atoms with Crippen molar-refractivity contribution >= 4 is 34.8 Å². The molecule has 0 spiro atoms. The molecule has 0 unspecified atom stereocenters. The van der Waals surface area contributed by atoms with Gasteiger partial charge in [0.1, 0.15) is 5.69 Å². The zero-order valence-corrected chi connectivity index (χ0v) is 16.2. The number of nitro groups is 1. The van der Waals surface area contributed by atoms with Crippen LogP contribution in [0.4, 0.5) is 17.2 Å². The van der Waals surface area contributed by atoms with E-state index in [1.165, 1.54) is 41.9 Å². The maximum absolute atomic E-state index is 10.4. The number of carboxylic acid groups (broad SMARTS) is 1. The number of hydrogen-bond acceptors (Lipinski definition) is 6. The van der Waals surface area contributed by atoms with Crippen LogP contribution in [0.3, 0.4) is 0 Å². The van der Waals surface area contributed by atoms with Crippen molar-refractivity contribution in [2.45, 2.75) is 32.1 Å². The molecule has 0 atom stereocenters. The van der Waals surface area contributed by atoms with Gasteiger partial charge >= 0.3 is 0 Å². The van der Waals surface area contributed by atoms with E-state index < -0.39 is 10.9 Å². The van der Waals surface area contributed by atoms with Gasteiger partial charge < -0.3 is 15.6 Å². The summed E-state index contributed by atoms with van der Waals surface area (Å²) >= 11 is 5.45. The number of aromatic amines is 1. The number of hydrogen-bond donors (Lipinski definition) is 1. The number of rotatable bonds is 2. The van der Waals surface area contributed by atoms with Gasteiger partial charge in [0.2, 0.25) is 0 Å². The Labute approximate surface area is 167 Å². The highest BCUT2D eigenvalue weighted by Gasteiger charge is 2.30. The molecule has 0 amide bonds. The predicted octanol–water partition coefficient (Wildman–Crippen LogP) is 1.57. The number of carboxylic acids is 1. The van der Waals surface area contributed by atoms with Crippen molar-refractivity contribution in [3.63, 3.8) is 0 Å². The molecule has 2 aromatic rings. The fraction of sp³-hybridized carbons (Fsp3) is 0.368. The summed E-state index contributed by atoms with van der Waals surface area (Å²) in [5, 5.41) is 20.5. The van der Waals surface area contributed by atoms with Crippen LogP contribution in [0.5, 0.6) is 0 Å². The van der Waals surface area contributed by atoms with E-state index in [4.69, 9.17) is 17.3 Å². The summed E-state index contributed by atoms with van der Waals surface area (Å²) in [6.45, 7) is 1.10. The number of halogens is 1. The highest BCUT2D eigenvalue weighted by molar-refractivity contribution is 6.33. The number of nitrogens with two attached hydrogens (primary N) is 1. The first-order valence-electron chi connectivity index (χ1n) is 9.01. The molecule has 0 saturated carbocycles. The molecule has 9 heteroatoms. The average Bonchev–Trinajstić information content (AvgIpc) is 3.03. The largest absolute Gasteiger partial charge is 0.545 e. The van der Waals surface area contributed by atoms with Crippen LogP contribution in [-0.2, 0) is 19.3 Å². The molecule has 1 aliphatic carbocycles. The SMILES string of the molecule is CN1CCc2c1[nH+]c1c(c2N)CCCC1.O=C([O-])c1cc([N+](=O)[O-])ccc1Cl. The summed E-state index contributed by atoms with van der Waals surface area (Å²) in [6, 6.07) is 3.12. The van der Waals surface area contributed by atoms with Gasteiger partial charge in [-0.3, -0.25) is 15.0 Å². The molecule has 0 bridgehead atoms. The summed E-state index contributed by atoms with van der Waals surface area (Å²) in [5.41, 5.74) is 10.8. The first-order chi connectivity index (χ1) is 13.3. The van der Waals surface area contributed by atoms with E-state index in [1.807, 2.05) is 0 Å². The van der Waals surface area contributed by atoms with Crippen LogP contribution < -0.4 is 20.7 Å². The molecule has 0 saturated heterocycles. The number of anilines is 2. The normalized spacial score (nSPS) is 14.6. The standard InChI is InChI=1S/C12H17N3.C7H4ClNO4/c1-15-7-6-9-11(13)8-4-2-3-5-10(8)14-12(9)15;8-6-2-1-4(9(12)13)3-5(6)7(10)11/h2-7H2,1H3,(H2,13,14);1-3H,(H,10,11). The second-order valence-corrected chi connectivity index (χ2v) is 7.32. The van der Waals surface area contributed by atoms with Gasteiger partial charge in [0.05, 0.1) is 40.8 Å². The summed E-state index contributed by atoms with van der Waals surface area (Å²) < 4.78 is 0. The number of H-pyrrole nitrogens is 1. The van der Waals surface area contributed by atoms with Gasteiger partial charge in [0, 0.05) is 36.1 Å². The third-order valence-corrected chi connectivity index (χ3v) is 5.46. The van der Waals surface area contributed by atoms with Crippen LogP contribution in [0.1, 0.15) is 40.0 Å². The molecule has 2 aliphatic rings. The summed E-state index contributed by atoms with van der Waals surface area (Å²) in [7, 11) is 2.14. The third kappa shape index (κ3) is 3.87. The van der Waals surface area contributed by atoms with Gasteiger partial charge in [-0.1, -0.05) is 11.6 Å². The lowest BCUT2D eigenvalue weighted by atomic mass is 9.93. The van der Waals surface area contributed by atoms with Gasteiger partial charge in [-0.2, -0.15) is 0 Å². The van der Waals surface area contributed by atoms with Crippen molar-refractivity contribution in [2.75, 3.05) is 24.2 Å². The molecule has 3 N–H and O–H groups in total. The average molecular weight is 405 g/mol. The van der Waals surface area contributed by atoms with E-state index in [1.54, 1.807) is 0 Å². The molecule has 28 heavy (non-hydrogen) atoms. The molecule has 8 nitrogen and oxygen atoms in total. The minimum atomic E-state index is -1.53. The molecule has 148 valence electrons. The minimum Gasteiger partial charge on any atom is -0.545 e. The molecule has 1 aliphatic heterocycles. The first kappa shape index (κ1) is 19.9. The van der Waals surface area contributed by atoms with Gasteiger partial charge in [-0.15, -0.1) is 0 Å². The second kappa shape index (κ2) is 8.02. The Bertz CT molecular complexity index is 944. The van der Waals surface area contributed by atoms with Gasteiger partial charge in [0.15, 0.2) is 0 Å². The van der Waals surface area contributed by atoms with Gasteiger partial charge in [0.25, 0.3) is 11.5 Å². The van der Waals surface area contributed by atoms with Crippen LogP contribution >= 0.6 is 11.6 Å². The van der Waals surface area contributed by atoms with E-state index in [0.29, 0.717) is 0 Å². The summed E-state index contributed by atoms with van der Waals surface area (Å²) in [6.07, 6.45) is 6.02. The van der Waals surface area contributed by atoms with Crippen molar-refractivity contribution in [1.29, 1.82) is 0 Å². The fourth-order valence-electron chi connectivity index (χ4n) is 3.62. The molecular weight excluding hydrogens is 384 g/mol. The van der Waals surface area contributed by atoms with E-state index in [0.717, 1.165) is 43.3 Å². The van der Waals surface area contributed by atoms with E-state index in [2.05, 4.69) is 16.9 Å². The number of aromatic nitrogens is 1. The highest BCUT2D eigenvalue weighted by atomic mass is 35.5. The van der Waals surface area contributed by atoms with Crippen molar-refractivity contribution in [3.05, 3.63) is 55.7 Å². The number of benzene rings is 1. The zero-order chi connectivity index (χ0) is 20.4. The smallest absolute Gasteiger partial charge is 0.279 e. The van der Waals surface area contributed by atoms with Crippen molar-refractivity contribution < 1.29 is 19.8 Å². The number of carbonyl (C=O) groups is 1. The number of non-ortho nitro benzene ring substituents is 1. The topological polar surface area (TPSA) is 127 Å². The number of nitro benzene ring substituents is 1. The quantitative estimate of drug-likeness (QED) is 0.597. The van der Waals surface area contributed by atoms with Crippen LogP contribution in [-0.4, -0.2) is 24.5 Å². The van der Waals surface area contributed by atoms with Crippen LogP contribution in [0, 0.1) is 10.1 Å². The Morgan fingerprint density at radius 3 is 2.64 bits per heavy atom. The monoisotopic (exact) mass is 404 g/mol. The Hall–Kier alpha value is -2.87. The van der Waals surface area contributed by atoms with E-state index in [-0.39, 0.29) is 16.3 Å². The number of nitrogens with one attached hydrogen (secondary N) is 1. The van der Waals surface area contributed by atoms with Crippen LogP contribution in [0.15, 0.2) is 18.2 Å². The first-order valence-corrected chi connectivity index (χ1v) is 9.39. The maximum Gasteiger partial charge on any atom is 0.279 e. The lowest BCUT2D eigenvalue weighted by Crippen LogP contribution is -2.27. The van der Waals surface area contributed by atoms with Crippen LogP contribution in [0.25, 0.3) is 0 Å². The molecular formula is C19H21ClN4O4. The fourth-order valence-corrected chi connectivity index (χ4v) is 3.82. The number of aromatic carboxylic acids is 1. The molecule has 0 radical (unpaired) electrons. The lowest BCUT2D eigenvalue weighted by Gasteiger charge is -2.17. The molecule has 0 fully saturated rings. The molecule has 1 aromatic carbocycles. The third-order valence-electron chi connectivity index (χ3n) is 5.13.